The van der Waals surface area contributed by atoms with E-state index in [9.17, 15) is 9.59 Å². The third-order valence-corrected chi connectivity index (χ3v) is 6.01. The van der Waals surface area contributed by atoms with Gasteiger partial charge in [0.25, 0.3) is 5.56 Å². The first-order valence-electron chi connectivity index (χ1n) is 8.76. The highest BCUT2D eigenvalue weighted by Gasteiger charge is 2.19. The number of fused-ring (bicyclic) bond motifs is 1. The molecule has 0 saturated heterocycles. The molecule has 28 heavy (non-hydrogen) atoms. The molecule has 4 rings (SSSR count). The fourth-order valence-corrected chi connectivity index (χ4v) is 4.16. The van der Waals surface area contributed by atoms with Gasteiger partial charge in [-0.3, -0.25) is 13.9 Å². The second-order valence-electron chi connectivity index (χ2n) is 6.54. The number of hydrogen-bond acceptors (Lipinski definition) is 5. The monoisotopic (exact) mass is 415 g/mol. The van der Waals surface area contributed by atoms with Crippen molar-refractivity contribution in [1.29, 1.82) is 0 Å². The van der Waals surface area contributed by atoms with Crippen molar-refractivity contribution in [3.8, 4) is 10.6 Å². The first-order valence-corrected chi connectivity index (χ1v) is 10.0. The molecule has 0 radical (unpaired) electrons. The zero-order chi connectivity index (χ0) is 20.0. The number of aryl methyl sites for hydroxylation is 2. The Hall–Kier alpha value is -2.71. The molecule has 0 fully saturated rings. The molecule has 0 N–H and O–H groups in total. The van der Waals surface area contributed by atoms with E-state index in [4.69, 9.17) is 11.6 Å². The van der Waals surface area contributed by atoms with Crippen molar-refractivity contribution in [3.63, 3.8) is 0 Å². The zero-order valence-corrected chi connectivity index (χ0v) is 17.2. The van der Waals surface area contributed by atoms with Gasteiger partial charge in [-0.2, -0.15) is 4.98 Å². The molecule has 0 aliphatic rings. The number of thiazole rings is 1. The van der Waals surface area contributed by atoms with Crippen molar-refractivity contribution >= 4 is 34.1 Å². The molecule has 0 saturated carbocycles. The van der Waals surface area contributed by atoms with E-state index >= 15 is 0 Å². The smallest absolute Gasteiger partial charge is 0.303 e. The van der Waals surface area contributed by atoms with Crippen LogP contribution in [0.1, 0.15) is 18.2 Å². The highest BCUT2D eigenvalue weighted by atomic mass is 35.5. The van der Waals surface area contributed by atoms with Crippen LogP contribution in [-0.4, -0.2) is 23.7 Å². The molecule has 0 aliphatic carbocycles. The Bertz CT molecular complexity index is 1300. The van der Waals surface area contributed by atoms with Gasteiger partial charge in [0.15, 0.2) is 11.2 Å². The van der Waals surface area contributed by atoms with Gasteiger partial charge in [-0.25, -0.2) is 9.78 Å². The Morgan fingerprint density at radius 3 is 2.46 bits per heavy atom. The van der Waals surface area contributed by atoms with Crippen LogP contribution < -0.4 is 11.2 Å². The van der Waals surface area contributed by atoms with Crippen LogP contribution in [0.15, 0.2) is 39.2 Å². The van der Waals surface area contributed by atoms with Gasteiger partial charge in [0.2, 0.25) is 5.28 Å². The van der Waals surface area contributed by atoms with Crippen molar-refractivity contribution in [1.82, 2.24) is 23.7 Å². The molecule has 3 aromatic heterocycles. The summed E-state index contributed by atoms with van der Waals surface area (Å²) >= 11 is 7.82. The van der Waals surface area contributed by atoms with Crippen LogP contribution in [0.4, 0.5) is 0 Å². The predicted octanol–water partition coefficient (Wildman–Crippen LogP) is 2.82. The van der Waals surface area contributed by atoms with Crippen LogP contribution in [0, 0.1) is 0 Å². The van der Waals surface area contributed by atoms with E-state index in [0.29, 0.717) is 6.54 Å². The summed E-state index contributed by atoms with van der Waals surface area (Å²) in [6.45, 7) is 2.42. The molecule has 1 aromatic carbocycles. The summed E-state index contributed by atoms with van der Waals surface area (Å²) in [4.78, 5) is 33.6. The fourth-order valence-electron chi connectivity index (χ4n) is 3.12. The maximum Gasteiger partial charge on any atom is 0.332 e. The summed E-state index contributed by atoms with van der Waals surface area (Å²) in [5, 5.41) is 2.99. The quantitative estimate of drug-likeness (QED) is 0.480. The SMILES string of the molecule is CCc1ccc(-c2nc(Cn3c(Cl)nc4c3c(=O)n(C)c(=O)n4C)cs2)cc1. The van der Waals surface area contributed by atoms with E-state index < -0.39 is 11.2 Å². The average Bonchev–Trinajstić information content (AvgIpc) is 3.30. The summed E-state index contributed by atoms with van der Waals surface area (Å²) in [6, 6.07) is 8.32. The first-order chi connectivity index (χ1) is 13.4. The summed E-state index contributed by atoms with van der Waals surface area (Å²) < 4.78 is 3.97. The molecule has 9 heteroatoms. The number of hydrogen-bond donors (Lipinski definition) is 0. The van der Waals surface area contributed by atoms with Gasteiger partial charge in [-0.05, 0) is 23.6 Å². The van der Waals surface area contributed by atoms with Crippen LogP contribution in [0.3, 0.4) is 0 Å². The Balaban J connectivity index is 1.75. The van der Waals surface area contributed by atoms with E-state index in [-0.39, 0.29) is 16.4 Å². The number of rotatable bonds is 4. The number of benzene rings is 1. The van der Waals surface area contributed by atoms with Gasteiger partial charge in [0.1, 0.15) is 5.01 Å². The molecule has 0 bridgehead atoms. The second-order valence-corrected chi connectivity index (χ2v) is 7.74. The van der Waals surface area contributed by atoms with Crippen molar-refractivity contribution in [2.45, 2.75) is 19.9 Å². The maximum atomic E-state index is 12.6. The highest BCUT2D eigenvalue weighted by Crippen LogP contribution is 2.26. The molecule has 144 valence electrons. The zero-order valence-electron chi connectivity index (χ0n) is 15.6. The molecule has 3 heterocycles. The third kappa shape index (κ3) is 2.98. The molecule has 0 atom stereocenters. The Morgan fingerprint density at radius 1 is 1.07 bits per heavy atom. The number of nitrogens with zero attached hydrogens (tertiary/aromatic N) is 5. The molecular weight excluding hydrogens is 398 g/mol. The Morgan fingerprint density at radius 2 is 1.79 bits per heavy atom. The summed E-state index contributed by atoms with van der Waals surface area (Å²) in [5.74, 6) is 0. The van der Waals surface area contributed by atoms with Gasteiger partial charge in [-0.1, -0.05) is 31.2 Å². The summed E-state index contributed by atoms with van der Waals surface area (Å²) in [6.07, 6.45) is 0.993. The Labute approximate surface area is 169 Å². The second kappa shape index (κ2) is 7.03. The normalized spacial score (nSPS) is 11.4. The topological polar surface area (TPSA) is 74.7 Å². The van der Waals surface area contributed by atoms with E-state index in [1.165, 1.54) is 28.5 Å². The molecule has 0 unspecified atom stereocenters. The van der Waals surface area contributed by atoms with Gasteiger partial charge < -0.3 is 4.57 Å². The minimum absolute atomic E-state index is 0.148. The van der Waals surface area contributed by atoms with Gasteiger partial charge in [0.05, 0.1) is 12.2 Å². The van der Waals surface area contributed by atoms with Crippen LogP contribution in [-0.2, 0) is 27.1 Å². The van der Waals surface area contributed by atoms with E-state index in [0.717, 1.165) is 27.3 Å². The number of halogens is 1. The number of imidazole rings is 1. The maximum absolute atomic E-state index is 12.6. The lowest BCUT2D eigenvalue weighted by Gasteiger charge is -2.06. The van der Waals surface area contributed by atoms with Crippen LogP contribution in [0.25, 0.3) is 21.7 Å². The summed E-state index contributed by atoms with van der Waals surface area (Å²) in [7, 11) is 3.01. The molecular formula is C19H18ClN5O2S. The fraction of sp³-hybridized carbons (Fsp3) is 0.263. The highest BCUT2D eigenvalue weighted by molar-refractivity contribution is 7.13. The van der Waals surface area contributed by atoms with Crippen molar-refractivity contribution in [2.75, 3.05) is 0 Å². The summed E-state index contributed by atoms with van der Waals surface area (Å²) in [5.41, 5.74) is 2.79. The van der Waals surface area contributed by atoms with Crippen LogP contribution in [0.5, 0.6) is 0 Å². The van der Waals surface area contributed by atoms with Crippen LogP contribution >= 0.6 is 22.9 Å². The van der Waals surface area contributed by atoms with Gasteiger partial charge in [0, 0.05) is 25.0 Å². The lowest BCUT2D eigenvalue weighted by atomic mass is 10.1. The Kier molecular flexibility index (Phi) is 4.68. The van der Waals surface area contributed by atoms with E-state index in [1.54, 1.807) is 11.6 Å². The standard InChI is InChI=1S/C19H18ClN5O2S/c1-4-11-5-7-12(8-6-11)16-21-13(10-28-16)9-25-14-15(22-18(25)20)23(2)19(27)24(3)17(14)26/h5-8,10H,4,9H2,1-3H3. The predicted molar refractivity (Wildman–Crippen MR) is 111 cm³/mol. The van der Waals surface area contributed by atoms with E-state index in [1.807, 2.05) is 5.38 Å². The largest absolute Gasteiger partial charge is 0.332 e. The molecule has 7 nitrogen and oxygen atoms in total. The molecule has 4 aromatic rings. The lowest BCUT2D eigenvalue weighted by Crippen LogP contribution is -2.37. The molecule has 0 amide bonds. The van der Waals surface area contributed by atoms with Crippen LogP contribution in [0.2, 0.25) is 5.28 Å². The van der Waals surface area contributed by atoms with Gasteiger partial charge in [-0.15, -0.1) is 11.3 Å². The molecule has 0 spiro atoms. The van der Waals surface area contributed by atoms with Crippen molar-refractivity contribution in [3.05, 3.63) is 67.0 Å². The average molecular weight is 416 g/mol. The minimum atomic E-state index is -0.440. The third-order valence-electron chi connectivity index (χ3n) is 4.78. The lowest BCUT2D eigenvalue weighted by molar-refractivity contribution is 0.701. The van der Waals surface area contributed by atoms with Gasteiger partial charge >= 0.3 is 5.69 Å². The number of aromatic nitrogens is 5. The minimum Gasteiger partial charge on any atom is -0.303 e. The van der Waals surface area contributed by atoms with Crippen molar-refractivity contribution in [2.24, 2.45) is 14.1 Å². The first kappa shape index (κ1) is 18.6. The van der Waals surface area contributed by atoms with Crippen molar-refractivity contribution < 1.29 is 0 Å². The van der Waals surface area contributed by atoms with E-state index in [2.05, 4.69) is 41.2 Å². The molecule has 0 aliphatic heterocycles.